The van der Waals surface area contributed by atoms with Gasteiger partial charge in [-0.25, -0.2) is 0 Å². The number of allylic oxidation sites excluding steroid dienone is 3. The fourth-order valence-corrected chi connectivity index (χ4v) is 5.50. The van der Waals surface area contributed by atoms with E-state index in [1.165, 1.54) is 11.8 Å². The lowest BCUT2D eigenvalue weighted by molar-refractivity contribution is -0.118. The number of carbonyl (C=O) groups excluding carboxylic acids is 2. The quantitative estimate of drug-likeness (QED) is 0.529. The summed E-state index contributed by atoms with van der Waals surface area (Å²) in [5, 5.41) is 17.6. The van der Waals surface area contributed by atoms with Crippen LogP contribution in [-0.2, 0) is 9.59 Å². The van der Waals surface area contributed by atoms with Crippen molar-refractivity contribution in [2.75, 3.05) is 11.1 Å². The number of amides is 1. The average Bonchev–Trinajstić information content (AvgIpc) is 2.78. The highest BCUT2D eigenvalue weighted by Crippen LogP contribution is 2.47. The average molecular weight is 492 g/mol. The van der Waals surface area contributed by atoms with E-state index in [9.17, 15) is 14.9 Å². The summed E-state index contributed by atoms with van der Waals surface area (Å²) in [6.07, 6.45) is 1.12. The molecule has 1 aliphatic heterocycles. The van der Waals surface area contributed by atoms with Gasteiger partial charge in [-0.1, -0.05) is 67.5 Å². The van der Waals surface area contributed by atoms with E-state index in [-0.39, 0.29) is 22.9 Å². The first kappa shape index (κ1) is 24.1. The first-order valence-electron chi connectivity index (χ1n) is 11.1. The van der Waals surface area contributed by atoms with Crippen LogP contribution in [-0.4, -0.2) is 17.4 Å². The molecule has 0 bridgehead atoms. The normalized spacial score (nSPS) is 19.3. The zero-order valence-corrected chi connectivity index (χ0v) is 20.9. The predicted molar refractivity (Wildman–Crippen MR) is 137 cm³/mol. The molecule has 34 heavy (non-hydrogen) atoms. The topological polar surface area (TPSA) is 82.0 Å². The van der Waals surface area contributed by atoms with E-state index in [2.05, 4.69) is 30.6 Å². The van der Waals surface area contributed by atoms with Gasteiger partial charge in [-0.05, 0) is 48.1 Å². The third-order valence-corrected chi connectivity index (χ3v) is 7.37. The molecule has 0 spiro atoms. The molecule has 1 amide bonds. The Morgan fingerprint density at radius 2 is 1.91 bits per heavy atom. The number of aryl methyl sites for hydroxylation is 1. The summed E-state index contributed by atoms with van der Waals surface area (Å²) >= 11 is 7.38. The third kappa shape index (κ3) is 5.06. The second-order valence-corrected chi connectivity index (χ2v) is 10.9. The molecule has 0 radical (unpaired) electrons. The molecule has 0 fully saturated rings. The van der Waals surface area contributed by atoms with E-state index in [0.717, 1.165) is 22.5 Å². The molecule has 0 saturated carbocycles. The Kier molecular flexibility index (Phi) is 6.88. The van der Waals surface area contributed by atoms with Crippen molar-refractivity contribution in [1.82, 2.24) is 5.32 Å². The van der Waals surface area contributed by atoms with Gasteiger partial charge >= 0.3 is 0 Å². The van der Waals surface area contributed by atoms with Crippen LogP contribution in [0, 0.1) is 23.7 Å². The number of halogens is 1. The summed E-state index contributed by atoms with van der Waals surface area (Å²) in [5.41, 5.74) is 4.33. The molecule has 2 N–H and O–H groups in total. The van der Waals surface area contributed by atoms with Crippen molar-refractivity contribution in [3.8, 4) is 6.07 Å². The lowest BCUT2D eigenvalue weighted by Crippen LogP contribution is -2.37. The number of Topliss-reactive ketones (excluding diaryl/α,β-unsaturated/α-hetero) is 1. The zero-order chi connectivity index (χ0) is 24.5. The Morgan fingerprint density at radius 1 is 1.21 bits per heavy atom. The SMILES string of the molecule is Cc1ccccc1NC(=O)CSC1=C(C#N)C(c2ccc(Cl)cc2)C2=C(CC(C)(C)CC2=O)N1. The first-order valence-corrected chi connectivity index (χ1v) is 12.5. The standard InChI is InChI=1S/C27H26ClN3O2S/c1-16-6-4-5-7-20(16)30-23(33)15-34-26-19(14-29)24(17-8-10-18(28)11-9-17)25-21(31-26)12-27(2,3)13-22(25)32/h4-11,24,31H,12-13,15H2,1-3H3,(H,30,33). The molecular weight excluding hydrogens is 466 g/mol. The monoisotopic (exact) mass is 491 g/mol. The van der Waals surface area contributed by atoms with Gasteiger partial charge in [-0.2, -0.15) is 5.26 Å². The Hall–Kier alpha value is -3.01. The molecule has 5 nitrogen and oxygen atoms in total. The summed E-state index contributed by atoms with van der Waals surface area (Å²) in [7, 11) is 0. The van der Waals surface area contributed by atoms with Gasteiger partial charge in [-0.15, -0.1) is 0 Å². The number of benzene rings is 2. The highest BCUT2D eigenvalue weighted by atomic mass is 35.5. The van der Waals surface area contributed by atoms with Crippen LogP contribution >= 0.6 is 23.4 Å². The zero-order valence-electron chi connectivity index (χ0n) is 19.4. The van der Waals surface area contributed by atoms with Crippen molar-refractivity contribution in [2.45, 2.75) is 39.5 Å². The van der Waals surface area contributed by atoms with Crippen molar-refractivity contribution in [1.29, 1.82) is 5.26 Å². The number of nitrogens with one attached hydrogen (secondary N) is 2. The number of para-hydroxylation sites is 1. The molecule has 1 unspecified atom stereocenters. The number of rotatable bonds is 5. The van der Waals surface area contributed by atoms with Crippen molar-refractivity contribution in [2.24, 2.45) is 5.41 Å². The van der Waals surface area contributed by atoms with Gasteiger partial charge in [0, 0.05) is 28.4 Å². The van der Waals surface area contributed by atoms with E-state index >= 15 is 0 Å². The minimum Gasteiger partial charge on any atom is -0.352 e. The van der Waals surface area contributed by atoms with Crippen LogP contribution in [0.1, 0.15) is 43.7 Å². The first-order chi connectivity index (χ1) is 16.2. The molecule has 0 aromatic heterocycles. The van der Waals surface area contributed by atoms with Gasteiger partial charge in [0.05, 0.1) is 28.3 Å². The van der Waals surface area contributed by atoms with E-state index in [1.54, 1.807) is 12.1 Å². The second-order valence-electron chi connectivity index (χ2n) is 9.45. The van der Waals surface area contributed by atoms with E-state index in [4.69, 9.17) is 11.6 Å². The van der Waals surface area contributed by atoms with Crippen molar-refractivity contribution in [3.05, 3.63) is 86.6 Å². The molecule has 1 heterocycles. The summed E-state index contributed by atoms with van der Waals surface area (Å²) < 4.78 is 0. The Morgan fingerprint density at radius 3 is 2.59 bits per heavy atom. The highest BCUT2D eigenvalue weighted by Gasteiger charge is 2.41. The summed E-state index contributed by atoms with van der Waals surface area (Å²) in [6, 6.07) is 17.2. The number of anilines is 1. The maximum atomic E-state index is 13.2. The van der Waals surface area contributed by atoms with Crippen LogP contribution in [0.15, 0.2) is 70.4 Å². The number of hydrogen-bond acceptors (Lipinski definition) is 5. The summed E-state index contributed by atoms with van der Waals surface area (Å²) in [6.45, 7) is 6.08. The number of hydrogen-bond donors (Lipinski definition) is 2. The van der Waals surface area contributed by atoms with Crippen molar-refractivity contribution >= 4 is 40.7 Å². The van der Waals surface area contributed by atoms with Crippen LogP contribution in [0.25, 0.3) is 0 Å². The number of ketones is 1. The molecule has 1 aliphatic carbocycles. The van der Waals surface area contributed by atoms with Gasteiger partial charge in [0.15, 0.2) is 5.78 Å². The van der Waals surface area contributed by atoms with E-state index in [0.29, 0.717) is 34.0 Å². The maximum Gasteiger partial charge on any atom is 0.234 e. The van der Waals surface area contributed by atoms with Crippen LogP contribution in [0.4, 0.5) is 5.69 Å². The number of thioether (sulfide) groups is 1. The number of nitrogens with zero attached hydrogens (tertiary/aromatic N) is 1. The Bertz CT molecular complexity index is 1260. The molecule has 0 saturated heterocycles. The largest absolute Gasteiger partial charge is 0.352 e. The molecular formula is C27H26ClN3O2S. The van der Waals surface area contributed by atoms with E-state index < -0.39 is 5.92 Å². The lowest BCUT2D eigenvalue weighted by atomic mass is 9.69. The highest BCUT2D eigenvalue weighted by molar-refractivity contribution is 8.03. The van der Waals surface area contributed by atoms with E-state index in [1.807, 2.05) is 43.3 Å². The predicted octanol–water partition coefficient (Wildman–Crippen LogP) is 6.09. The third-order valence-electron chi connectivity index (χ3n) is 6.10. The van der Waals surface area contributed by atoms with Crippen LogP contribution in [0.3, 0.4) is 0 Å². The lowest BCUT2D eigenvalue weighted by Gasteiger charge is -2.39. The summed E-state index contributed by atoms with van der Waals surface area (Å²) in [4.78, 5) is 25.9. The molecule has 1 atom stereocenters. The molecule has 2 aromatic rings. The van der Waals surface area contributed by atoms with Crippen LogP contribution in [0.5, 0.6) is 0 Å². The number of dihydropyridines is 1. The number of carbonyl (C=O) groups is 2. The maximum absolute atomic E-state index is 13.2. The van der Waals surface area contributed by atoms with Crippen LogP contribution < -0.4 is 10.6 Å². The smallest absolute Gasteiger partial charge is 0.234 e. The minimum absolute atomic E-state index is 0.0489. The van der Waals surface area contributed by atoms with Gasteiger partial charge in [0.1, 0.15) is 0 Å². The van der Waals surface area contributed by atoms with Gasteiger partial charge < -0.3 is 10.6 Å². The molecule has 2 aromatic carbocycles. The molecule has 4 rings (SSSR count). The fourth-order valence-electron chi connectivity index (χ4n) is 4.52. The fraction of sp³-hybridized carbons (Fsp3) is 0.296. The summed E-state index contributed by atoms with van der Waals surface area (Å²) in [5.74, 6) is -0.458. The van der Waals surface area contributed by atoms with Crippen molar-refractivity contribution in [3.63, 3.8) is 0 Å². The van der Waals surface area contributed by atoms with Crippen molar-refractivity contribution < 1.29 is 9.59 Å². The molecule has 2 aliphatic rings. The minimum atomic E-state index is -0.482. The number of nitriles is 1. The van der Waals surface area contributed by atoms with Gasteiger partial charge in [0.2, 0.25) is 5.91 Å². The second kappa shape index (κ2) is 9.69. The molecule has 7 heteroatoms. The Labute approximate surface area is 209 Å². The van der Waals surface area contributed by atoms with Gasteiger partial charge in [0.25, 0.3) is 0 Å². The van der Waals surface area contributed by atoms with Gasteiger partial charge in [-0.3, -0.25) is 9.59 Å². The molecule has 174 valence electrons. The van der Waals surface area contributed by atoms with Crippen LogP contribution in [0.2, 0.25) is 5.02 Å². The Balaban J connectivity index is 1.66.